The lowest BCUT2D eigenvalue weighted by Gasteiger charge is -1.97. The molecule has 0 saturated heterocycles. The van der Waals surface area contributed by atoms with Crippen molar-refractivity contribution in [3.63, 3.8) is 0 Å². The molecule has 0 aliphatic carbocycles. The fraction of sp³-hybridized carbons (Fsp3) is 0.100. The third-order valence-corrected chi connectivity index (χ3v) is 2.68. The van der Waals surface area contributed by atoms with Crippen molar-refractivity contribution in [2.24, 2.45) is 0 Å². The van der Waals surface area contributed by atoms with Gasteiger partial charge in [0.15, 0.2) is 0 Å². The molecule has 2 N–H and O–H groups in total. The molecule has 0 bridgehead atoms. The summed E-state index contributed by atoms with van der Waals surface area (Å²) in [5.74, 6) is -0.251. The summed E-state index contributed by atoms with van der Waals surface area (Å²) in [4.78, 5) is 4.28. The maximum Gasteiger partial charge on any atom is 0.123 e. The van der Waals surface area contributed by atoms with Gasteiger partial charge in [-0.3, -0.25) is 0 Å². The Kier molecular flexibility index (Phi) is 2.21. The molecule has 0 aliphatic heterocycles. The monoisotopic (exact) mass is 208 g/mol. The molecular weight excluding hydrogens is 199 g/mol. The van der Waals surface area contributed by atoms with Crippen molar-refractivity contribution in [2.75, 3.05) is 5.73 Å². The smallest absolute Gasteiger partial charge is 0.123 e. The van der Waals surface area contributed by atoms with Crippen LogP contribution < -0.4 is 5.73 Å². The van der Waals surface area contributed by atoms with Crippen molar-refractivity contribution >= 4 is 16.3 Å². The number of benzene rings is 1. The third kappa shape index (κ3) is 1.61. The van der Waals surface area contributed by atoms with Crippen LogP contribution in [0.1, 0.15) is 5.01 Å². The highest BCUT2D eigenvalue weighted by Crippen LogP contribution is 2.29. The molecule has 0 spiro atoms. The van der Waals surface area contributed by atoms with Crippen LogP contribution in [0.3, 0.4) is 0 Å². The van der Waals surface area contributed by atoms with Crippen LogP contribution in [-0.2, 0) is 0 Å². The normalized spacial score (nSPS) is 10.4. The van der Waals surface area contributed by atoms with Crippen molar-refractivity contribution in [3.05, 3.63) is 35.1 Å². The van der Waals surface area contributed by atoms with Gasteiger partial charge in [-0.15, -0.1) is 11.3 Å². The molecule has 0 saturated carbocycles. The average Bonchev–Trinajstić information content (AvgIpc) is 2.47. The number of halogens is 1. The SMILES string of the molecule is Cc1nc(-c2ccc(F)cc2)c(N)s1. The number of nitrogens with two attached hydrogens (primary N) is 1. The summed E-state index contributed by atoms with van der Waals surface area (Å²) in [5, 5.41) is 1.59. The summed E-state index contributed by atoms with van der Waals surface area (Å²) in [5.41, 5.74) is 7.37. The number of aryl methyl sites for hydroxylation is 1. The minimum atomic E-state index is -0.251. The van der Waals surface area contributed by atoms with Crippen LogP contribution in [0.4, 0.5) is 9.39 Å². The molecule has 1 aromatic carbocycles. The Morgan fingerprint density at radius 1 is 1.29 bits per heavy atom. The second-order valence-corrected chi connectivity index (χ2v) is 4.19. The molecule has 0 unspecified atom stereocenters. The number of nitrogens with zero attached hydrogens (tertiary/aromatic N) is 1. The first-order valence-corrected chi connectivity index (χ1v) is 4.97. The van der Waals surface area contributed by atoms with E-state index in [0.29, 0.717) is 5.00 Å². The van der Waals surface area contributed by atoms with Gasteiger partial charge in [0.25, 0.3) is 0 Å². The van der Waals surface area contributed by atoms with E-state index >= 15 is 0 Å². The van der Waals surface area contributed by atoms with Gasteiger partial charge >= 0.3 is 0 Å². The second-order valence-electron chi connectivity index (χ2n) is 2.95. The van der Waals surface area contributed by atoms with Crippen molar-refractivity contribution in [1.29, 1.82) is 0 Å². The third-order valence-electron chi connectivity index (χ3n) is 1.88. The number of rotatable bonds is 1. The summed E-state index contributed by atoms with van der Waals surface area (Å²) in [6.07, 6.45) is 0. The fourth-order valence-corrected chi connectivity index (χ4v) is 1.97. The van der Waals surface area contributed by atoms with Gasteiger partial charge in [-0.25, -0.2) is 9.37 Å². The molecule has 1 heterocycles. The standard InChI is InChI=1S/C10H9FN2S/c1-6-13-9(10(12)14-6)7-2-4-8(11)5-3-7/h2-5H,12H2,1H3. The Bertz CT molecular complexity index is 448. The lowest BCUT2D eigenvalue weighted by atomic mass is 10.1. The molecular formula is C10H9FN2S. The van der Waals surface area contributed by atoms with Crippen molar-refractivity contribution in [1.82, 2.24) is 4.98 Å². The van der Waals surface area contributed by atoms with Gasteiger partial charge in [0, 0.05) is 5.56 Å². The van der Waals surface area contributed by atoms with Crippen LogP contribution in [-0.4, -0.2) is 4.98 Å². The first-order valence-electron chi connectivity index (χ1n) is 4.15. The van der Waals surface area contributed by atoms with Gasteiger partial charge < -0.3 is 5.73 Å². The zero-order valence-electron chi connectivity index (χ0n) is 7.62. The van der Waals surface area contributed by atoms with E-state index in [1.807, 2.05) is 6.92 Å². The van der Waals surface area contributed by atoms with Crippen molar-refractivity contribution in [3.8, 4) is 11.3 Å². The van der Waals surface area contributed by atoms with E-state index in [-0.39, 0.29) is 5.82 Å². The molecule has 1 aromatic heterocycles. The van der Waals surface area contributed by atoms with E-state index in [0.717, 1.165) is 16.3 Å². The molecule has 0 aliphatic rings. The van der Waals surface area contributed by atoms with E-state index in [2.05, 4.69) is 4.98 Å². The van der Waals surface area contributed by atoms with Gasteiger partial charge in [-0.2, -0.15) is 0 Å². The molecule has 2 nitrogen and oxygen atoms in total. The zero-order chi connectivity index (χ0) is 10.1. The summed E-state index contributed by atoms with van der Waals surface area (Å²) in [6.45, 7) is 1.90. The predicted octanol–water partition coefficient (Wildman–Crippen LogP) is 2.84. The molecule has 2 aromatic rings. The van der Waals surface area contributed by atoms with Crippen LogP contribution in [0, 0.1) is 12.7 Å². The highest BCUT2D eigenvalue weighted by atomic mass is 32.1. The second kappa shape index (κ2) is 3.38. The van der Waals surface area contributed by atoms with E-state index in [9.17, 15) is 4.39 Å². The molecule has 72 valence electrons. The van der Waals surface area contributed by atoms with Crippen LogP contribution in [0.2, 0.25) is 0 Å². The van der Waals surface area contributed by atoms with Gasteiger partial charge in [0.05, 0.1) is 5.01 Å². The maximum atomic E-state index is 12.7. The maximum absolute atomic E-state index is 12.7. The zero-order valence-corrected chi connectivity index (χ0v) is 8.44. The van der Waals surface area contributed by atoms with Crippen molar-refractivity contribution in [2.45, 2.75) is 6.92 Å². The number of hydrogen-bond acceptors (Lipinski definition) is 3. The number of anilines is 1. The summed E-state index contributed by atoms with van der Waals surface area (Å²) < 4.78 is 12.7. The number of aromatic nitrogens is 1. The number of thiazole rings is 1. The van der Waals surface area contributed by atoms with E-state index < -0.39 is 0 Å². The first-order chi connectivity index (χ1) is 6.66. The lowest BCUT2D eigenvalue weighted by Crippen LogP contribution is -1.85. The molecule has 2 rings (SSSR count). The predicted molar refractivity (Wildman–Crippen MR) is 56.7 cm³/mol. The quantitative estimate of drug-likeness (QED) is 0.782. The highest BCUT2D eigenvalue weighted by molar-refractivity contribution is 7.16. The van der Waals surface area contributed by atoms with E-state index in [1.54, 1.807) is 12.1 Å². The summed E-state index contributed by atoms with van der Waals surface area (Å²) in [7, 11) is 0. The molecule has 0 amide bonds. The Morgan fingerprint density at radius 2 is 1.93 bits per heavy atom. The lowest BCUT2D eigenvalue weighted by molar-refractivity contribution is 0.628. The molecule has 0 radical (unpaired) electrons. The molecule has 4 heteroatoms. The Morgan fingerprint density at radius 3 is 2.43 bits per heavy atom. The van der Waals surface area contributed by atoms with Crippen LogP contribution >= 0.6 is 11.3 Å². The molecule has 14 heavy (non-hydrogen) atoms. The van der Waals surface area contributed by atoms with Crippen LogP contribution in [0.5, 0.6) is 0 Å². The van der Waals surface area contributed by atoms with Crippen molar-refractivity contribution < 1.29 is 4.39 Å². The minimum Gasteiger partial charge on any atom is -0.389 e. The molecule has 0 fully saturated rings. The number of hydrogen-bond donors (Lipinski definition) is 1. The average molecular weight is 208 g/mol. The van der Waals surface area contributed by atoms with Crippen LogP contribution in [0.25, 0.3) is 11.3 Å². The summed E-state index contributed by atoms with van der Waals surface area (Å²) >= 11 is 1.44. The van der Waals surface area contributed by atoms with Gasteiger partial charge in [-0.1, -0.05) is 0 Å². The first kappa shape index (κ1) is 9.15. The molecule has 0 atom stereocenters. The minimum absolute atomic E-state index is 0.251. The van der Waals surface area contributed by atoms with Crippen LogP contribution in [0.15, 0.2) is 24.3 Å². The highest BCUT2D eigenvalue weighted by Gasteiger charge is 2.07. The Hall–Kier alpha value is -1.42. The van der Waals surface area contributed by atoms with E-state index in [1.165, 1.54) is 23.5 Å². The van der Waals surface area contributed by atoms with Gasteiger partial charge in [0.2, 0.25) is 0 Å². The summed E-state index contributed by atoms with van der Waals surface area (Å²) in [6, 6.07) is 6.17. The van der Waals surface area contributed by atoms with Gasteiger partial charge in [-0.05, 0) is 31.2 Å². The van der Waals surface area contributed by atoms with Gasteiger partial charge in [0.1, 0.15) is 16.5 Å². The Labute approximate surface area is 85.2 Å². The fourth-order valence-electron chi connectivity index (χ4n) is 1.26. The largest absolute Gasteiger partial charge is 0.389 e. The van der Waals surface area contributed by atoms with E-state index in [4.69, 9.17) is 5.73 Å². The Balaban J connectivity index is 2.49. The topological polar surface area (TPSA) is 38.9 Å². The number of nitrogen functional groups attached to an aromatic ring is 1.